The quantitative estimate of drug-likeness (QED) is 0.681. The first kappa shape index (κ1) is 23.0. The van der Waals surface area contributed by atoms with Crippen LogP contribution in [0.1, 0.15) is 44.6 Å². The van der Waals surface area contributed by atoms with E-state index < -0.39 is 10.0 Å². The van der Waals surface area contributed by atoms with Crippen LogP contribution in [0.5, 0.6) is 0 Å². The van der Waals surface area contributed by atoms with Gasteiger partial charge in [0.15, 0.2) is 0 Å². The summed E-state index contributed by atoms with van der Waals surface area (Å²) in [5, 5.41) is 5.50. The predicted molar refractivity (Wildman–Crippen MR) is 121 cm³/mol. The highest BCUT2D eigenvalue weighted by Gasteiger charge is 2.24. The number of rotatable bonds is 7. The van der Waals surface area contributed by atoms with Crippen molar-refractivity contribution in [1.29, 1.82) is 0 Å². The summed E-state index contributed by atoms with van der Waals surface area (Å²) in [6, 6.07) is 13.8. The van der Waals surface area contributed by atoms with Crippen LogP contribution in [0.3, 0.4) is 0 Å². The summed E-state index contributed by atoms with van der Waals surface area (Å²) in [6.07, 6.45) is 4.72. The number of aryl methyl sites for hydroxylation is 1. The number of amides is 2. The third-order valence-corrected chi connectivity index (χ3v) is 7.15. The van der Waals surface area contributed by atoms with E-state index in [1.807, 2.05) is 0 Å². The van der Waals surface area contributed by atoms with Gasteiger partial charge >= 0.3 is 0 Å². The van der Waals surface area contributed by atoms with Crippen LogP contribution in [0.15, 0.2) is 53.4 Å². The maximum atomic E-state index is 12.9. The minimum Gasteiger partial charge on any atom is -0.326 e. The van der Waals surface area contributed by atoms with E-state index >= 15 is 0 Å². The Balaban J connectivity index is 1.55. The summed E-state index contributed by atoms with van der Waals surface area (Å²) in [7, 11) is -3.46. The molecule has 2 aromatic carbocycles. The van der Waals surface area contributed by atoms with E-state index in [1.54, 1.807) is 52.8 Å². The fourth-order valence-corrected chi connectivity index (χ4v) is 5.14. The molecule has 0 aromatic heterocycles. The van der Waals surface area contributed by atoms with Crippen LogP contribution in [0.4, 0.5) is 11.4 Å². The third-order valence-electron chi connectivity index (χ3n) is 5.23. The van der Waals surface area contributed by atoms with Gasteiger partial charge in [-0.25, -0.2) is 8.42 Å². The molecule has 31 heavy (non-hydrogen) atoms. The van der Waals surface area contributed by atoms with Gasteiger partial charge in [-0.2, -0.15) is 4.31 Å². The molecule has 8 heteroatoms. The Morgan fingerprint density at radius 1 is 0.903 bits per heavy atom. The van der Waals surface area contributed by atoms with Crippen LogP contribution in [-0.2, 0) is 26.0 Å². The highest BCUT2D eigenvalue weighted by Crippen LogP contribution is 2.21. The van der Waals surface area contributed by atoms with Crippen molar-refractivity contribution in [2.24, 2.45) is 0 Å². The molecule has 0 radical (unpaired) electrons. The Bertz CT molecular complexity index is 1010. The van der Waals surface area contributed by atoms with Gasteiger partial charge in [0, 0.05) is 37.8 Å². The summed E-state index contributed by atoms with van der Waals surface area (Å²) in [5.41, 5.74) is 2.12. The SMILES string of the molecule is CC(=O)Nc1cccc(NC(=O)CCc2ccc(S(=O)(=O)N3CCCCCC3)cc2)c1. The van der Waals surface area contributed by atoms with E-state index in [1.165, 1.54) is 6.92 Å². The van der Waals surface area contributed by atoms with E-state index in [4.69, 9.17) is 0 Å². The van der Waals surface area contributed by atoms with E-state index in [-0.39, 0.29) is 18.2 Å². The van der Waals surface area contributed by atoms with Gasteiger partial charge < -0.3 is 10.6 Å². The average Bonchev–Trinajstić information content (AvgIpc) is 3.02. The summed E-state index contributed by atoms with van der Waals surface area (Å²) in [5.74, 6) is -0.328. The standard InChI is InChI=1S/C23H29N3O4S/c1-18(27)24-20-7-6-8-21(17-20)25-23(28)14-11-19-9-12-22(13-10-19)31(29,30)26-15-4-2-3-5-16-26/h6-10,12-13,17H,2-5,11,14-16H2,1H3,(H,24,27)(H,25,28). The highest BCUT2D eigenvalue weighted by molar-refractivity contribution is 7.89. The number of carbonyl (C=O) groups excluding carboxylic acids is 2. The van der Waals surface area contributed by atoms with Crippen molar-refractivity contribution in [3.63, 3.8) is 0 Å². The Morgan fingerprint density at radius 3 is 2.13 bits per heavy atom. The lowest BCUT2D eigenvalue weighted by Gasteiger charge is -2.20. The van der Waals surface area contributed by atoms with Gasteiger partial charge in [0.05, 0.1) is 4.90 Å². The number of carbonyl (C=O) groups is 2. The van der Waals surface area contributed by atoms with Gasteiger partial charge in [0.25, 0.3) is 0 Å². The zero-order valence-corrected chi connectivity index (χ0v) is 18.6. The predicted octanol–water partition coefficient (Wildman–Crippen LogP) is 3.78. The fraction of sp³-hybridized carbons (Fsp3) is 0.391. The first-order valence-electron chi connectivity index (χ1n) is 10.6. The Morgan fingerprint density at radius 2 is 1.52 bits per heavy atom. The summed E-state index contributed by atoms with van der Waals surface area (Å²) in [6.45, 7) is 2.58. The molecule has 2 N–H and O–H groups in total. The number of benzene rings is 2. The smallest absolute Gasteiger partial charge is 0.243 e. The summed E-state index contributed by atoms with van der Waals surface area (Å²) < 4.78 is 27.3. The molecule has 3 rings (SSSR count). The van der Waals surface area contributed by atoms with Crippen LogP contribution < -0.4 is 10.6 Å². The number of nitrogens with one attached hydrogen (secondary N) is 2. The molecule has 0 aliphatic carbocycles. The number of hydrogen-bond donors (Lipinski definition) is 2. The molecular weight excluding hydrogens is 414 g/mol. The molecule has 0 atom stereocenters. The van der Waals surface area contributed by atoms with Crippen LogP contribution in [0.2, 0.25) is 0 Å². The second kappa shape index (κ2) is 10.5. The first-order chi connectivity index (χ1) is 14.8. The van der Waals surface area contributed by atoms with Crippen molar-refractivity contribution in [2.45, 2.75) is 50.3 Å². The highest BCUT2D eigenvalue weighted by atomic mass is 32.2. The van der Waals surface area contributed by atoms with Crippen LogP contribution in [-0.4, -0.2) is 37.6 Å². The molecule has 1 aliphatic rings. The van der Waals surface area contributed by atoms with Crippen molar-refractivity contribution < 1.29 is 18.0 Å². The van der Waals surface area contributed by atoms with Gasteiger partial charge in [-0.3, -0.25) is 9.59 Å². The molecular formula is C23H29N3O4S. The minimum absolute atomic E-state index is 0.152. The molecule has 166 valence electrons. The van der Waals surface area contributed by atoms with E-state index in [2.05, 4.69) is 10.6 Å². The second-order valence-electron chi connectivity index (χ2n) is 7.77. The number of hydrogen-bond acceptors (Lipinski definition) is 4. The molecule has 1 heterocycles. The Hall–Kier alpha value is -2.71. The molecule has 7 nitrogen and oxygen atoms in total. The summed E-state index contributed by atoms with van der Waals surface area (Å²) in [4.78, 5) is 23.7. The Kier molecular flexibility index (Phi) is 7.81. The zero-order valence-electron chi connectivity index (χ0n) is 17.8. The van der Waals surface area contributed by atoms with E-state index in [9.17, 15) is 18.0 Å². The van der Waals surface area contributed by atoms with Crippen LogP contribution in [0, 0.1) is 0 Å². The second-order valence-corrected chi connectivity index (χ2v) is 9.71. The number of nitrogens with zero attached hydrogens (tertiary/aromatic N) is 1. The molecule has 0 spiro atoms. The van der Waals surface area contributed by atoms with Crippen molar-refractivity contribution in [1.82, 2.24) is 4.31 Å². The molecule has 0 bridgehead atoms. The molecule has 1 fully saturated rings. The monoisotopic (exact) mass is 443 g/mol. The van der Waals surface area contributed by atoms with Gasteiger partial charge in [-0.05, 0) is 55.2 Å². The number of anilines is 2. The normalized spacial score (nSPS) is 15.1. The summed E-state index contributed by atoms with van der Waals surface area (Å²) >= 11 is 0. The fourth-order valence-electron chi connectivity index (χ4n) is 3.62. The van der Waals surface area contributed by atoms with Crippen molar-refractivity contribution in [3.8, 4) is 0 Å². The zero-order chi connectivity index (χ0) is 22.3. The number of sulfonamides is 1. The largest absolute Gasteiger partial charge is 0.326 e. The van der Waals surface area contributed by atoms with E-state index in [0.717, 1.165) is 31.2 Å². The third kappa shape index (κ3) is 6.63. The average molecular weight is 444 g/mol. The lowest BCUT2D eigenvalue weighted by molar-refractivity contribution is -0.116. The minimum atomic E-state index is -3.46. The van der Waals surface area contributed by atoms with Crippen molar-refractivity contribution >= 4 is 33.2 Å². The lowest BCUT2D eigenvalue weighted by Crippen LogP contribution is -2.31. The molecule has 1 aliphatic heterocycles. The molecule has 2 aromatic rings. The first-order valence-corrected chi connectivity index (χ1v) is 12.1. The van der Waals surface area contributed by atoms with E-state index in [0.29, 0.717) is 35.8 Å². The maximum Gasteiger partial charge on any atom is 0.243 e. The molecule has 1 saturated heterocycles. The molecule has 0 unspecified atom stereocenters. The Labute approximate surface area is 183 Å². The van der Waals surface area contributed by atoms with Crippen molar-refractivity contribution in [3.05, 3.63) is 54.1 Å². The van der Waals surface area contributed by atoms with Gasteiger partial charge in [0.2, 0.25) is 21.8 Å². The van der Waals surface area contributed by atoms with Gasteiger partial charge in [-0.15, -0.1) is 0 Å². The maximum absolute atomic E-state index is 12.9. The van der Waals surface area contributed by atoms with Gasteiger partial charge in [-0.1, -0.05) is 31.0 Å². The van der Waals surface area contributed by atoms with Crippen LogP contribution in [0.25, 0.3) is 0 Å². The van der Waals surface area contributed by atoms with Crippen LogP contribution >= 0.6 is 0 Å². The molecule has 2 amide bonds. The lowest BCUT2D eigenvalue weighted by atomic mass is 10.1. The van der Waals surface area contributed by atoms with Gasteiger partial charge in [0.1, 0.15) is 0 Å². The topological polar surface area (TPSA) is 95.6 Å². The molecule has 0 saturated carbocycles. The van der Waals surface area contributed by atoms with Crippen molar-refractivity contribution in [2.75, 3.05) is 23.7 Å².